The molecule has 1 aromatic rings. The predicted octanol–water partition coefficient (Wildman–Crippen LogP) is 3.85. The van der Waals surface area contributed by atoms with Crippen molar-refractivity contribution in [2.24, 2.45) is 0 Å². The second-order valence-corrected chi connectivity index (χ2v) is 5.00. The number of rotatable bonds is 4. The summed E-state index contributed by atoms with van der Waals surface area (Å²) in [5.41, 5.74) is 1.29. The molecular weight excluding hydrogens is 213 g/mol. The molecule has 1 aromatic carbocycles. The summed E-state index contributed by atoms with van der Waals surface area (Å²) >= 11 is 0. The summed E-state index contributed by atoms with van der Waals surface area (Å²) in [5, 5.41) is 3.64. The van der Waals surface area contributed by atoms with Gasteiger partial charge in [0.25, 0.3) is 0 Å². The zero-order valence-electron chi connectivity index (χ0n) is 10.6. The fraction of sp³-hybridized carbons (Fsp3) is 0.600. The van der Waals surface area contributed by atoms with Crippen LogP contribution in [-0.4, -0.2) is 12.6 Å². The van der Waals surface area contributed by atoms with Crippen LogP contribution < -0.4 is 5.32 Å². The van der Waals surface area contributed by atoms with Crippen molar-refractivity contribution >= 4 is 0 Å². The van der Waals surface area contributed by atoms with Gasteiger partial charge in [0.2, 0.25) is 0 Å². The maximum atomic E-state index is 12.9. The van der Waals surface area contributed by atoms with E-state index < -0.39 is 0 Å². The van der Waals surface area contributed by atoms with Gasteiger partial charge in [0, 0.05) is 6.04 Å². The van der Waals surface area contributed by atoms with Gasteiger partial charge in [0.05, 0.1) is 0 Å². The van der Waals surface area contributed by atoms with Crippen LogP contribution in [0.25, 0.3) is 0 Å². The monoisotopic (exact) mass is 235 g/mol. The lowest BCUT2D eigenvalue weighted by molar-refractivity contribution is 0.328. The Kier molecular flexibility index (Phi) is 4.55. The molecule has 2 unspecified atom stereocenters. The zero-order chi connectivity index (χ0) is 12.1. The average Bonchev–Trinajstić information content (AvgIpc) is 2.38. The van der Waals surface area contributed by atoms with Crippen LogP contribution in [0, 0.1) is 5.82 Å². The smallest absolute Gasteiger partial charge is 0.123 e. The molecule has 0 aromatic heterocycles. The lowest BCUT2D eigenvalue weighted by atomic mass is 9.80. The third-order valence-corrected chi connectivity index (χ3v) is 3.72. The van der Waals surface area contributed by atoms with Gasteiger partial charge in [0.15, 0.2) is 0 Å². The van der Waals surface area contributed by atoms with E-state index in [0.29, 0.717) is 12.0 Å². The molecule has 1 nitrogen and oxygen atoms in total. The lowest BCUT2D eigenvalue weighted by Crippen LogP contribution is -2.37. The Bertz CT molecular complexity index is 333. The normalized spacial score (nSPS) is 24.8. The van der Waals surface area contributed by atoms with Gasteiger partial charge in [-0.2, -0.15) is 0 Å². The molecule has 1 aliphatic carbocycles. The van der Waals surface area contributed by atoms with Crippen molar-refractivity contribution in [3.05, 3.63) is 35.6 Å². The largest absolute Gasteiger partial charge is 0.313 e. The Labute approximate surface area is 103 Å². The summed E-state index contributed by atoms with van der Waals surface area (Å²) in [6.45, 7) is 3.28. The van der Waals surface area contributed by atoms with Gasteiger partial charge in [-0.25, -0.2) is 4.39 Å². The summed E-state index contributed by atoms with van der Waals surface area (Å²) in [4.78, 5) is 0. The molecule has 2 rings (SSSR count). The maximum Gasteiger partial charge on any atom is 0.123 e. The van der Waals surface area contributed by atoms with Crippen molar-refractivity contribution in [2.45, 2.75) is 51.0 Å². The van der Waals surface area contributed by atoms with E-state index in [0.717, 1.165) is 6.54 Å². The van der Waals surface area contributed by atoms with Crippen LogP contribution in [0.4, 0.5) is 4.39 Å². The molecule has 0 aliphatic heterocycles. The van der Waals surface area contributed by atoms with E-state index in [1.807, 2.05) is 12.1 Å². The minimum absolute atomic E-state index is 0.136. The van der Waals surface area contributed by atoms with Crippen molar-refractivity contribution in [3.63, 3.8) is 0 Å². The molecule has 0 bridgehead atoms. The molecule has 17 heavy (non-hydrogen) atoms. The van der Waals surface area contributed by atoms with Gasteiger partial charge in [-0.3, -0.25) is 0 Å². The van der Waals surface area contributed by atoms with Crippen molar-refractivity contribution < 1.29 is 4.39 Å². The molecule has 0 amide bonds. The van der Waals surface area contributed by atoms with Crippen molar-refractivity contribution in [1.29, 1.82) is 0 Å². The molecule has 2 heteroatoms. The molecular formula is C15H22FN. The molecule has 1 saturated carbocycles. The number of hydrogen-bond donors (Lipinski definition) is 1. The standard InChI is InChI=1S/C15H22FN/c1-2-11-17-15-6-4-3-5-14(15)12-7-9-13(16)10-8-12/h7-10,14-15,17H,2-6,11H2,1H3. The minimum atomic E-state index is -0.136. The van der Waals surface area contributed by atoms with Gasteiger partial charge < -0.3 is 5.32 Å². The molecule has 1 aliphatic rings. The summed E-state index contributed by atoms with van der Waals surface area (Å²) in [6.07, 6.45) is 6.27. The van der Waals surface area contributed by atoms with Crippen LogP contribution in [-0.2, 0) is 0 Å². The van der Waals surface area contributed by atoms with E-state index in [2.05, 4.69) is 12.2 Å². The van der Waals surface area contributed by atoms with Gasteiger partial charge in [-0.1, -0.05) is 31.9 Å². The average molecular weight is 235 g/mol. The van der Waals surface area contributed by atoms with Crippen LogP contribution in [0.15, 0.2) is 24.3 Å². The van der Waals surface area contributed by atoms with E-state index >= 15 is 0 Å². The van der Waals surface area contributed by atoms with Crippen LogP contribution in [0.5, 0.6) is 0 Å². The topological polar surface area (TPSA) is 12.0 Å². The lowest BCUT2D eigenvalue weighted by Gasteiger charge is -2.32. The minimum Gasteiger partial charge on any atom is -0.313 e. The Morgan fingerprint density at radius 2 is 1.88 bits per heavy atom. The van der Waals surface area contributed by atoms with Crippen molar-refractivity contribution in [3.8, 4) is 0 Å². The third-order valence-electron chi connectivity index (χ3n) is 3.72. The summed E-state index contributed by atoms with van der Waals surface area (Å²) in [6, 6.07) is 7.65. The SMILES string of the molecule is CCCNC1CCCCC1c1ccc(F)cc1. The highest BCUT2D eigenvalue weighted by Crippen LogP contribution is 2.33. The summed E-state index contributed by atoms with van der Waals surface area (Å²) < 4.78 is 12.9. The molecule has 94 valence electrons. The van der Waals surface area contributed by atoms with E-state index in [9.17, 15) is 4.39 Å². The highest BCUT2D eigenvalue weighted by atomic mass is 19.1. The molecule has 0 spiro atoms. The van der Waals surface area contributed by atoms with Gasteiger partial charge >= 0.3 is 0 Å². The second-order valence-electron chi connectivity index (χ2n) is 5.00. The van der Waals surface area contributed by atoms with Gasteiger partial charge in [-0.05, 0) is 49.4 Å². The first-order valence-corrected chi connectivity index (χ1v) is 6.80. The van der Waals surface area contributed by atoms with Crippen LogP contribution in [0.1, 0.15) is 50.5 Å². The first-order valence-electron chi connectivity index (χ1n) is 6.80. The molecule has 0 heterocycles. The second kappa shape index (κ2) is 6.15. The van der Waals surface area contributed by atoms with Crippen molar-refractivity contribution in [2.75, 3.05) is 6.54 Å². The highest BCUT2D eigenvalue weighted by molar-refractivity contribution is 5.22. The van der Waals surface area contributed by atoms with Crippen molar-refractivity contribution in [1.82, 2.24) is 5.32 Å². The quantitative estimate of drug-likeness (QED) is 0.835. The van der Waals surface area contributed by atoms with Crippen LogP contribution in [0.3, 0.4) is 0 Å². The van der Waals surface area contributed by atoms with Gasteiger partial charge in [0.1, 0.15) is 5.82 Å². The number of halogens is 1. The molecule has 1 N–H and O–H groups in total. The maximum absolute atomic E-state index is 12.9. The predicted molar refractivity (Wildman–Crippen MR) is 69.7 cm³/mol. The number of benzene rings is 1. The Morgan fingerprint density at radius 3 is 2.59 bits per heavy atom. The summed E-state index contributed by atoms with van der Waals surface area (Å²) in [5.74, 6) is 0.429. The zero-order valence-corrected chi connectivity index (χ0v) is 10.6. The summed E-state index contributed by atoms with van der Waals surface area (Å²) in [7, 11) is 0. The molecule has 1 fully saturated rings. The third kappa shape index (κ3) is 3.29. The fourth-order valence-electron chi connectivity index (χ4n) is 2.81. The number of hydrogen-bond acceptors (Lipinski definition) is 1. The first-order chi connectivity index (χ1) is 8.31. The molecule has 0 radical (unpaired) electrons. The van der Waals surface area contributed by atoms with E-state index in [-0.39, 0.29) is 5.82 Å². The van der Waals surface area contributed by atoms with E-state index in [1.165, 1.54) is 37.7 Å². The first kappa shape index (κ1) is 12.6. The fourth-order valence-corrected chi connectivity index (χ4v) is 2.81. The van der Waals surface area contributed by atoms with Crippen LogP contribution in [0.2, 0.25) is 0 Å². The van der Waals surface area contributed by atoms with E-state index in [4.69, 9.17) is 0 Å². The van der Waals surface area contributed by atoms with Crippen LogP contribution >= 0.6 is 0 Å². The Morgan fingerprint density at radius 1 is 1.18 bits per heavy atom. The van der Waals surface area contributed by atoms with E-state index in [1.54, 1.807) is 12.1 Å². The molecule has 2 atom stereocenters. The Balaban J connectivity index is 2.07. The van der Waals surface area contributed by atoms with Gasteiger partial charge in [-0.15, -0.1) is 0 Å². The highest BCUT2D eigenvalue weighted by Gasteiger charge is 2.25. The number of nitrogens with one attached hydrogen (secondary N) is 1. The molecule has 0 saturated heterocycles. The Hall–Kier alpha value is -0.890.